The first-order valence-corrected chi connectivity index (χ1v) is 6.58. The molecule has 2 N–H and O–H groups in total. The van der Waals surface area contributed by atoms with Crippen molar-refractivity contribution in [3.63, 3.8) is 0 Å². The van der Waals surface area contributed by atoms with Crippen LogP contribution in [0.2, 0.25) is 0 Å². The summed E-state index contributed by atoms with van der Waals surface area (Å²) in [7, 11) is 0. The number of pyridine rings is 1. The lowest BCUT2D eigenvalue weighted by molar-refractivity contribution is -0.116. The van der Waals surface area contributed by atoms with E-state index in [0.29, 0.717) is 5.82 Å². The molecule has 1 amide bonds. The number of nitrogens with zero attached hydrogens (tertiary/aromatic N) is 2. The van der Waals surface area contributed by atoms with Gasteiger partial charge in [0.25, 0.3) is 0 Å². The molecule has 0 aromatic carbocycles. The van der Waals surface area contributed by atoms with Gasteiger partial charge < -0.3 is 15.0 Å². The van der Waals surface area contributed by atoms with Crippen LogP contribution in [0.4, 0.5) is 5.82 Å². The molecule has 0 bridgehead atoms. The third kappa shape index (κ3) is 3.24. The molecular formula is C13H12BrN3O3. The van der Waals surface area contributed by atoms with Crippen molar-refractivity contribution in [2.45, 2.75) is 13.5 Å². The van der Waals surface area contributed by atoms with Crippen molar-refractivity contribution in [1.29, 1.82) is 0 Å². The lowest BCUT2D eigenvalue weighted by atomic mass is 10.3. The Morgan fingerprint density at radius 3 is 2.80 bits per heavy atom. The zero-order chi connectivity index (χ0) is 14.7. The van der Waals surface area contributed by atoms with E-state index in [4.69, 9.17) is 5.11 Å². The number of carboxylic acid groups (broad SMARTS) is 1. The summed E-state index contributed by atoms with van der Waals surface area (Å²) in [4.78, 5) is 27.0. The molecule has 0 saturated carbocycles. The average molecular weight is 338 g/mol. The maximum atomic E-state index is 11.9. The molecule has 0 spiro atoms. The fraction of sp³-hybridized carbons (Fsp3) is 0.154. The number of carboxylic acids is 1. The zero-order valence-corrected chi connectivity index (χ0v) is 12.2. The third-order valence-electron chi connectivity index (χ3n) is 2.65. The molecule has 2 aromatic rings. The van der Waals surface area contributed by atoms with E-state index in [1.807, 2.05) is 6.92 Å². The Kier molecular flexibility index (Phi) is 4.19. The molecule has 0 aliphatic rings. The first kappa shape index (κ1) is 14.3. The molecule has 0 aliphatic carbocycles. The maximum Gasteiger partial charge on any atom is 0.352 e. The highest BCUT2D eigenvalue weighted by atomic mass is 79.9. The second-order valence-corrected chi connectivity index (χ2v) is 4.99. The van der Waals surface area contributed by atoms with E-state index in [1.54, 1.807) is 24.4 Å². The molecule has 0 radical (unpaired) electrons. The van der Waals surface area contributed by atoms with Crippen molar-refractivity contribution in [3.05, 3.63) is 46.3 Å². The van der Waals surface area contributed by atoms with Crippen LogP contribution in [0, 0.1) is 6.92 Å². The highest BCUT2D eigenvalue weighted by Gasteiger charge is 2.12. The number of carbonyl (C=O) groups is 2. The summed E-state index contributed by atoms with van der Waals surface area (Å²) in [6.45, 7) is 1.74. The van der Waals surface area contributed by atoms with E-state index in [9.17, 15) is 9.59 Å². The summed E-state index contributed by atoms with van der Waals surface area (Å²) in [5, 5.41) is 11.6. The third-order valence-corrected chi connectivity index (χ3v) is 3.49. The van der Waals surface area contributed by atoms with Crippen LogP contribution in [0.3, 0.4) is 0 Å². The van der Waals surface area contributed by atoms with Gasteiger partial charge in [-0.1, -0.05) is 0 Å². The number of anilines is 1. The predicted octanol–water partition coefficient (Wildman–Crippen LogP) is 2.29. The van der Waals surface area contributed by atoms with E-state index < -0.39 is 5.97 Å². The van der Waals surface area contributed by atoms with E-state index in [0.717, 1.165) is 10.2 Å². The molecule has 0 unspecified atom stereocenters. The molecule has 2 aromatic heterocycles. The molecule has 0 fully saturated rings. The minimum atomic E-state index is -1.07. The van der Waals surface area contributed by atoms with Gasteiger partial charge in [-0.15, -0.1) is 0 Å². The fourth-order valence-corrected chi connectivity index (χ4v) is 1.92. The first-order chi connectivity index (χ1) is 9.47. The number of halogens is 1. The van der Waals surface area contributed by atoms with E-state index >= 15 is 0 Å². The number of aromatic carboxylic acids is 1. The normalized spacial score (nSPS) is 10.3. The van der Waals surface area contributed by atoms with Crippen LogP contribution in [0.25, 0.3) is 0 Å². The van der Waals surface area contributed by atoms with Gasteiger partial charge in [-0.3, -0.25) is 4.79 Å². The number of hydrogen-bond donors (Lipinski definition) is 2. The van der Waals surface area contributed by atoms with Crippen LogP contribution in [0.1, 0.15) is 16.2 Å². The average Bonchev–Trinajstić information content (AvgIpc) is 2.82. The molecular weight excluding hydrogens is 326 g/mol. The van der Waals surface area contributed by atoms with Crippen molar-refractivity contribution >= 4 is 33.6 Å². The Labute approximate surface area is 123 Å². The van der Waals surface area contributed by atoms with Crippen molar-refractivity contribution < 1.29 is 14.7 Å². The Balaban J connectivity index is 2.07. The molecule has 20 heavy (non-hydrogen) atoms. The molecule has 2 heterocycles. The van der Waals surface area contributed by atoms with Crippen LogP contribution < -0.4 is 5.32 Å². The van der Waals surface area contributed by atoms with Crippen LogP contribution in [-0.2, 0) is 11.3 Å². The van der Waals surface area contributed by atoms with Crippen molar-refractivity contribution in [2.24, 2.45) is 0 Å². The Bertz CT molecular complexity index is 667. The van der Waals surface area contributed by atoms with E-state index in [2.05, 4.69) is 26.2 Å². The predicted molar refractivity (Wildman–Crippen MR) is 76.7 cm³/mol. The number of rotatable bonds is 4. The standard InChI is InChI=1S/C13H12BrN3O3/c1-8-9(14)4-5-11(15-8)16-12(18)7-17-6-2-3-10(17)13(19)20/h2-6H,7H2,1H3,(H,19,20)(H,15,16,18). The van der Waals surface area contributed by atoms with Gasteiger partial charge >= 0.3 is 5.97 Å². The highest BCUT2D eigenvalue weighted by molar-refractivity contribution is 9.10. The Morgan fingerprint density at radius 2 is 2.15 bits per heavy atom. The van der Waals surface area contributed by atoms with Gasteiger partial charge in [0.2, 0.25) is 5.91 Å². The van der Waals surface area contributed by atoms with Crippen LogP contribution in [-0.4, -0.2) is 26.5 Å². The summed E-state index contributed by atoms with van der Waals surface area (Å²) in [6, 6.07) is 6.48. The topological polar surface area (TPSA) is 84.2 Å². The van der Waals surface area contributed by atoms with Gasteiger partial charge in [-0.05, 0) is 47.1 Å². The first-order valence-electron chi connectivity index (χ1n) is 5.79. The SMILES string of the molecule is Cc1nc(NC(=O)Cn2cccc2C(=O)O)ccc1Br. The molecule has 2 rings (SSSR count). The van der Waals surface area contributed by atoms with E-state index in [-0.39, 0.29) is 18.1 Å². The molecule has 7 heteroatoms. The summed E-state index contributed by atoms with van der Waals surface area (Å²) in [6.07, 6.45) is 1.54. The smallest absolute Gasteiger partial charge is 0.352 e. The summed E-state index contributed by atoms with van der Waals surface area (Å²) >= 11 is 3.33. The van der Waals surface area contributed by atoms with Gasteiger partial charge in [0.1, 0.15) is 18.1 Å². The van der Waals surface area contributed by atoms with Crippen molar-refractivity contribution in [1.82, 2.24) is 9.55 Å². The maximum absolute atomic E-state index is 11.9. The zero-order valence-electron chi connectivity index (χ0n) is 10.6. The molecule has 0 aliphatic heterocycles. The van der Waals surface area contributed by atoms with Gasteiger partial charge in [-0.2, -0.15) is 0 Å². The van der Waals surface area contributed by atoms with Gasteiger partial charge in [-0.25, -0.2) is 9.78 Å². The molecule has 104 valence electrons. The van der Waals surface area contributed by atoms with E-state index in [1.165, 1.54) is 10.6 Å². The number of amides is 1. The molecule has 6 nitrogen and oxygen atoms in total. The lowest BCUT2D eigenvalue weighted by Gasteiger charge is -2.08. The fourth-order valence-electron chi connectivity index (χ4n) is 1.70. The molecule has 0 atom stereocenters. The summed E-state index contributed by atoms with van der Waals surface area (Å²) < 4.78 is 2.22. The number of nitrogens with one attached hydrogen (secondary N) is 1. The second kappa shape index (κ2) is 5.87. The number of aryl methyl sites for hydroxylation is 1. The molecule has 0 saturated heterocycles. The lowest BCUT2D eigenvalue weighted by Crippen LogP contribution is -2.21. The van der Waals surface area contributed by atoms with Gasteiger partial charge in [0, 0.05) is 10.7 Å². The monoisotopic (exact) mass is 337 g/mol. The Hall–Kier alpha value is -2.15. The number of carbonyl (C=O) groups excluding carboxylic acids is 1. The minimum absolute atomic E-state index is 0.0695. The van der Waals surface area contributed by atoms with Crippen molar-refractivity contribution in [2.75, 3.05) is 5.32 Å². The van der Waals surface area contributed by atoms with Gasteiger partial charge in [0.05, 0.1) is 5.69 Å². The quantitative estimate of drug-likeness (QED) is 0.896. The minimum Gasteiger partial charge on any atom is -0.477 e. The largest absolute Gasteiger partial charge is 0.477 e. The number of aromatic nitrogens is 2. The Morgan fingerprint density at radius 1 is 1.40 bits per heavy atom. The second-order valence-electron chi connectivity index (χ2n) is 4.14. The van der Waals surface area contributed by atoms with Crippen LogP contribution in [0.5, 0.6) is 0 Å². The number of hydrogen-bond acceptors (Lipinski definition) is 3. The van der Waals surface area contributed by atoms with Crippen LogP contribution in [0.15, 0.2) is 34.9 Å². The van der Waals surface area contributed by atoms with Crippen LogP contribution >= 0.6 is 15.9 Å². The van der Waals surface area contributed by atoms with Gasteiger partial charge in [0.15, 0.2) is 0 Å². The van der Waals surface area contributed by atoms with Crippen molar-refractivity contribution in [3.8, 4) is 0 Å². The summed E-state index contributed by atoms with van der Waals surface area (Å²) in [5.41, 5.74) is 0.829. The summed E-state index contributed by atoms with van der Waals surface area (Å²) in [5.74, 6) is -0.974. The highest BCUT2D eigenvalue weighted by Crippen LogP contribution is 2.16.